The second-order valence-corrected chi connectivity index (χ2v) is 15.0. The van der Waals surface area contributed by atoms with Crippen molar-refractivity contribution in [2.45, 2.75) is 85.5 Å². The van der Waals surface area contributed by atoms with Gasteiger partial charge in [0, 0.05) is 40.8 Å². The Hall–Kier alpha value is -4.78. The molecule has 250 valence electrons. The van der Waals surface area contributed by atoms with Gasteiger partial charge in [-0.3, -0.25) is 9.59 Å². The molecule has 2 amide bonds. The van der Waals surface area contributed by atoms with Crippen LogP contribution in [0, 0.1) is 0 Å². The number of rotatable bonds is 7. The van der Waals surface area contributed by atoms with E-state index in [1.807, 2.05) is 50.2 Å². The largest absolute Gasteiger partial charge is 0.452 e. The summed E-state index contributed by atoms with van der Waals surface area (Å²) >= 11 is 0. The van der Waals surface area contributed by atoms with Crippen molar-refractivity contribution in [3.63, 3.8) is 0 Å². The van der Waals surface area contributed by atoms with Gasteiger partial charge in [0.05, 0.1) is 11.4 Å². The third kappa shape index (κ3) is 6.91. The number of hydrogen-bond acceptors (Lipinski definition) is 5. The molecule has 5 rings (SSSR count). The SMILES string of the molecule is CCN(CC)C(=O)c1ccc(C(=O)Nc2cc(C(C)(C)C)cc3c2Oc2c(N=Nc4ccccc4)cc(C(C)(C)C)cc2C3(C)C)cc1. The van der Waals surface area contributed by atoms with Gasteiger partial charge in [-0.05, 0) is 84.3 Å². The van der Waals surface area contributed by atoms with Crippen LogP contribution >= 0.6 is 0 Å². The number of nitrogens with zero attached hydrogens (tertiary/aromatic N) is 3. The summed E-state index contributed by atoms with van der Waals surface area (Å²) in [5, 5.41) is 12.4. The van der Waals surface area contributed by atoms with Crippen molar-refractivity contribution in [1.82, 2.24) is 4.90 Å². The molecule has 0 spiro atoms. The first kappa shape index (κ1) is 34.6. The Morgan fingerprint density at radius 3 is 1.83 bits per heavy atom. The number of hydrogen-bond donors (Lipinski definition) is 1. The van der Waals surface area contributed by atoms with Gasteiger partial charge in [0.1, 0.15) is 5.69 Å². The summed E-state index contributed by atoms with van der Waals surface area (Å²) < 4.78 is 6.82. The summed E-state index contributed by atoms with van der Waals surface area (Å²) in [4.78, 5) is 28.4. The van der Waals surface area contributed by atoms with Gasteiger partial charge >= 0.3 is 0 Å². The van der Waals surface area contributed by atoms with Crippen LogP contribution in [-0.4, -0.2) is 29.8 Å². The number of azo groups is 1. The molecule has 0 saturated carbocycles. The molecule has 0 saturated heterocycles. The molecule has 4 aromatic carbocycles. The molecule has 1 N–H and O–H groups in total. The normalized spacial score (nSPS) is 13.8. The van der Waals surface area contributed by atoms with Crippen LogP contribution in [0.25, 0.3) is 0 Å². The van der Waals surface area contributed by atoms with Crippen LogP contribution in [0.3, 0.4) is 0 Å². The molecule has 7 heteroatoms. The number of carbonyl (C=O) groups excluding carboxylic acids is 2. The number of ether oxygens (including phenoxy) is 1. The Bertz CT molecular complexity index is 1860. The Morgan fingerprint density at radius 1 is 0.729 bits per heavy atom. The monoisotopic (exact) mass is 644 g/mol. The molecule has 0 aliphatic carbocycles. The van der Waals surface area contributed by atoms with Crippen LogP contribution in [0.2, 0.25) is 0 Å². The van der Waals surface area contributed by atoms with E-state index in [4.69, 9.17) is 9.85 Å². The number of anilines is 1. The molecule has 0 unspecified atom stereocenters. The fourth-order valence-corrected chi connectivity index (χ4v) is 5.93. The summed E-state index contributed by atoms with van der Waals surface area (Å²) in [5.41, 5.74) is 6.33. The number of carbonyl (C=O) groups is 2. The molecule has 4 aromatic rings. The number of benzene rings is 4. The van der Waals surface area contributed by atoms with E-state index in [-0.39, 0.29) is 22.6 Å². The maximum atomic E-state index is 13.8. The summed E-state index contributed by atoms with van der Waals surface area (Å²) in [6.45, 7) is 22.6. The van der Waals surface area contributed by atoms with Crippen molar-refractivity contribution >= 4 is 28.9 Å². The van der Waals surface area contributed by atoms with Gasteiger partial charge < -0.3 is 15.0 Å². The standard InChI is InChI=1S/C41H48N4O3/c1-11-45(12-2)38(47)27-20-18-26(19-21-27)37(46)42-33-24-28(39(3,4)5)22-31-35(33)48-36-32(41(31,9)10)23-29(40(6,7)8)25-34(36)44-43-30-16-14-13-15-17-30/h13-25H,11-12H2,1-10H3,(H,42,46). The van der Waals surface area contributed by atoms with Gasteiger partial charge in [0.25, 0.3) is 11.8 Å². The first-order chi connectivity index (χ1) is 22.5. The minimum Gasteiger partial charge on any atom is -0.452 e. The van der Waals surface area contributed by atoms with E-state index < -0.39 is 5.41 Å². The maximum Gasteiger partial charge on any atom is 0.255 e. The first-order valence-electron chi connectivity index (χ1n) is 16.8. The van der Waals surface area contributed by atoms with E-state index in [1.54, 1.807) is 29.2 Å². The fraction of sp³-hybridized carbons (Fsp3) is 0.366. The van der Waals surface area contributed by atoms with Crippen molar-refractivity contribution in [3.05, 3.63) is 112 Å². The lowest BCUT2D eigenvalue weighted by Crippen LogP contribution is -2.30. The predicted octanol–water partition coefficient (Wildman–Crippen LogP) is 10.9. The number of fused-ring (bicyclic) bond motifs is 2. The van der Waals surface area contributed by atoms with Crippen LogP contribution in [0.4, 0.5) is 17.1 Å². The molecule has 1 heterocycles. The van der Waals surface area contributed by atoms with Crippen molar-refractivity contribution < 1.29 is 14.3 Å². The molecule has 0 bridgehead atoms. The smallest absolute Gasteiger partial charge is 0.255 e. The predicted molar refractivity (Wildman–Crippen MR) is 195 cm³/mol. The Morgan fingerprint density at radius 2 is 1.27 bits per heavy atom. The third-order valence-electron chi connectivity index (χ3n) is 9.16. The number of nitrogens with one attached hydrogen (secondary N) is 1. The average Bonchev–Trinajstić information content (AvgIpc) is 3.04. The number of amides is 2. The molecule has 0 atom stereocenters. The summed E-state index contributed by atoms with van der Waals surface area (Å²) in [7, 11) is 0. The van der Waals surface area contributed by atoms with E-state index in [9.17, 15) is 9.59 Å². The van der Waals surface area contributed by atoms with E-state index in [0.29, 0.717) is 47.1 Å². The minimum atomic E-state index is -0.492. The highest BCUT2D eigenvalue weighted by molar-refractivity contribution is 6.06. The van der Waals surface area contributed by atoms with Crippen molar-refractivity contribution in [3.8, 4) is 11.5 Å². The van der Waals surface area contributed by atoms with E-state index in [0.717, 1.165) is 27.9 Å². The second-order valence-electron chi connectivity index (χ2n) is 15.0. The maximum absolute atomic E-state index is 13.8. The lowest BCUT2D eigenvalue weighted by Gasteiger charge is -2.38. The molecular weight excluding hydrogens is 596 g/mol. The molecule has 1 aliphatic heterocycles. The highest BCUT2D eigenvalue weighted by Gasteiger charge is 2.39. The molecule has 48 heavy (non-hydrogen) atoms. The highest BCUT2D eigenvalue weighted by Crippen LogP contribution is 2.55. The zero-order valence-corrected chi connectivity index (χ0v) is 30.0. The van der Waals surface area contributed by atoms with E-state index in [2.05, 4.69) is 84.0 Å². The summed E-state index contributed by atoms with van der Waals surface area (Å²) in [6.07, 6.45) is 0. The van der Waals surface area contributed by atoms with Crippen LogP contribution in [0.15, 0.2) is 89.1 Å². The molecule has 7 nitrogen and oxygen atoms in total. The molecular formula is C41H48N4O3. The van der Waals surface area contributed by atoms with Gasteiger partial charge in [0.15, 0.2) is 11.5 Å². The first-order valence-corrected chi connectivity index (χ1v) is 16.8. The quantitative estimate of drug-likeness (QED) is 0.203. The lowest BCUT2D eigenvalue weighted by atomic mass is 9.71. The van der Waals surface area contributed by atoms with Gasteiger partial charge in [-0.2, -0.15) is 5.11 Å². The summed E-state index contributed by atoms with van der Waals surface area (Å²) in [6, 6.07) is 24.9. The van der Waals surface area contributed by atoms with Crippen molar-refractivity contribution in [1.29, 1.82) is 0 Å². The van der Waals surface area contributed by atoms with Crippen molar-refractivity contribution in [2.75, 3.05) is 18.4 Å². The van der Waals surface area contributed by atoms with Gasteiger partial charge in [0.2, 0.25) is 0 Å². The van der Waals surface area contributed by atoms with Gasteiger partial charge in [-0.25, -0.2) is 0 Å². The Balaban J connectivity index is 1.61. The van der Waals surface area contributed by atoms with E-state index in [1.165, 1.54) is 0 Å². The zero-order valence-electron chi connectivity index (χ0n) is 30.0. The van der Waals surface area contributed by atoms with Crippen LogP contribution in [-0.2, 0) is 16.2 Å². The van der Waals surface area contributed by atoms with Gasteiger partial charge in [-0.1, -0.05) is 85.7 Å². The van der Waals surface area contributed by atoms with Gasteiger partial charge in [-0.15, -0.1) is 5.11 Å². The summed E-state index contributed by atoms with van der Waals surface area (Å²) in [5.74, 6) is 0.868. The minimum absolute atomic E-state index is 0.0527. The molecule has 0 fully saturated rings. The fourth-order valence-electron chi connectivity index (χ4n) is 5.93. The zero-order chi connectivity index (χ0) is 35.0. The average molecular weight is 645 g/mol. The Labute approximate surface area is 285 Å². The molecule has 0 radical (unpaired) electrons. The van der Waals surface area contributed by atoms with Crippen LogP contribution in [0.1, 0.15) is 112 Å². The molecule has 1 aliphatic rings. The highest BCUT2D eigenvalue weighted by atomic mass is 16.5. The topological polar surface area (TPSA) is 83.4 Å². The van der Waals surface area contributed by atoms with Crippen LogP contribution in [0.5, 0.6) is 11.5 Å². The second kappa shape index (κ2) is 13.0. The lowest BCUT2D eigenvalue weighted by molar-refractivity contribution is 0.0772. The Kier molecular flexibility index (Phi) is 9.37. The van der Waals surface area contributed by atoms with Crippen LogP contribution < -0.4 is 10.1 Å². The van der Waals surface area contributed by atoms with E-state index >= 15 is 0 Å². The molecule has 0 aromatic heterocycles. The van der Waals surface area contributed by atoms with Crippen molar-refractivity contribution in [2.24, 2.45) is 10.2 Å². The third-order valence-corrected chi connectivity index (χ3v) is 9.16.